The summed E-state index contributed by atoms with van der Waals surface area (Å²) in [5.74, 6) is -0.397. The van der Waals surface area contributed by atoms with Gasteiger partial charge in [0.05, 0.1) is 5.02 Å². The van der Waals surface area contributed by atoms with Crippen molar-refractivity contribution in [2.75, 3.05) is 26.2 Å². The van der Waals surface area contributed by atoms with Gasteiger partial charge in [-0.1, -0.05) is 29.3 Å². The van der Waals surface area contributed by atoms with Crippen LogP contribution in [0.2, 0.25) is 10.0 Å². The number of hydrogen-bond donors (Lipinski definition) is 1. The van der Waals surface area contributed by atoms with Gasteiger partial charge in [0.1, 0.15) is 5.82 Å². The van der Waals surface area contributed by atoms with Crippen LogP contribution in [-0.2, 0) is 0 Å². The van der Waals surface area contributed by atoms with Crippen molar-refractivity contribution >= 4 is 48.0 Å². The molecule has 1 aromatic carbocycles. The molecule has 1 atom stereocenters. The molecule has 1 saturated heterocycles. The Morgan fingerprint density at radius 2 is 1.82 bits per heavy atom. The van der Waals surface area contributed by atoms with Crippen molar-refractivity contribution in [2.45, 2.75) is 18.9 Å². The van der Waals surface area contributed by atoms with Gasteiger partial charge >= 0.3 is 0 Å². The van der Waals surface area contributed by atoms with Gasteiger partial charge in [-0.05, 0) is 25.0 Å². The lowest BCUT2D eigenvalue weighted by molar-refractivity contribution is 0.163. The third-order valence-corrected chi connectivity index (χ3v) is 4.27. The summed E-state index contributed by atoms with van der Waals surface area (Å²) in [4.78, 5) is 2.26. The maximum atomic E-state index is 14.4. The number of piperazine rings is 1. The molecule has 1 aliphatic heterocycles. The Morgan fingerprint density at radius 1 is 1.23 bits per heavy atom. The van der Waals surface area contributed by atoms with Crippen molar-refractivity contribution in [3.05, 3.63) is 46.2 Å². The molecule has 0 amide bonds. The first kappa shape index (κ1) is 22.0. The smallest absolute Gasteiger partial charge is 0.148 e. The van der Waals surface area contributed by atoms with Crippen LogP contribution in [0, 0.1) is 5.82 Å². The molecule has 7 heteroatoms. The predicted octanol–water partition coefficient (Wildman–Crippen LogP) is 4.89. The predicted molar refractivity (Wildman–Crippen MR) is 97.5 cm³/mol. The van der Waals surface area contributed by atoms with Crippen LogP contribution < -0.4 is 5.32 Å². The fourth-order valence-corrected chi connectivity index (χ4v) is 3.06. The minimum atomic E-state index is -0.397. The van der Waals surface area contributed by atoms with E-state index in [1.54, 1.807) is 6.07 Å². The Balaban J connectivity index is 0.00000220. The number of rotatable bonds is 5. The summed E-state index contributed by atoms with van der Waals surface area (Å²) in [6.07, 6.45) is 3.46. The lowest BCUT2D eigenvalue weighted by Gasteiger charge is -2.35. The number of allylic oxidation sites excluding steroid dienone is 1. The third kappa shape index (κ3) is 5.26. The summed E-state index contributed by atoms with van der Waals surface area (Å²) in [6.45, 7) is 7.32. The molecule has 0 spiro atoms. The lowest BCUT2D eigenvalue weighted by atomic mass is 9.98. The maximum absolute atomic E-state index is 14.4. The van der Waals surface area contributed by atoms with Gasteiger partial charge in [-0.15, -0.1) is 31.4 Å². The summed E-state index contributed by atoms with van der Waals surface area (Å²) >= 11 is 12.1. The molecule has 2 nitrogen and oxygen atoms in total. The molecule has 1 aromatic rings. The van der Waals surface area contributed by atoms with E-state index in [-0.39, 0.29) is 35.9 Å². The van der Waals surface area contributed by atoms with Gasteiger partial charge in [-0.3, -0.25) is 4.90 Å². The van der Waals surface area contributed by atoms with Crippen LogP contribution in [0.15, 0.2) is 24.8 Å². The van der Waals surface area contributed by atoms with E-state index in [1.165, 1.54) is 6.07 Å². The Morgan fingerprint density at radius 3 is 2.41 bits per heavy atom. The Kier molecular flexibility index (Phi) is 10.7. The average molecular weight is 390 g/mol. The molecule has 0 saturated carbocycles. The van der Waals surface area contributed by atoms with Crippen LogP contribution in [0.5, 0.6) is 0 Å². The van der Waals surface area contributed by atoms with Crippen LogP contribution in [0.1, 0.15) is 24.4 Å². The number of halogens is 5. The summed E-state index contributed by atoms with van der Waals surface area (Å²) in [7, 11) is 0. The molecule has 2 rings (SSSR count). The highest BCUT2D eigenvalue weighted by Gasteiger charge is 2.27. The zero-order valence-electron chi connectivity index (χ0n) is 12.2. The van der Waals surface area contributed by atoms with E-state index in [0.717, 1.165) is 39.0 Å². The van der Waals surface area contributed by atoms with Gasteiger partial charge in [0.25, 0.3) is 0 Å². The number of hydrogen-bond acceptors (Lipinski definition) is 2. The first-order valence-electron chi connectivity index (χ1n) is 6.84. The monoisotopic (exact) mass is 388 g/mol. The molecule has 1 N–H and O–H groups in total. The van der Waals surface area contributed by atoms with Gasteiger partial charge in [0, 0.05) is 42.8 Å². The second-order valence-corrected chi connectivity index (χ2v) is 5.74. The molecule has 22 heavy (non-hydrogen) atoms. The summed E-state index contributed by atoms with van der Waals surface area (Å²) in [5.41, 5.74) is 0.517. The minimum Gasteiger partial charge on any atom is -0.314 e. The van der Waals surface area contributed by atoms with E-state index in [4.69, 9.17) is 23.2 Å². The molecule has 0 radical (unpaired) electrons. The van der Waals surface area contributed by atoms with E-state index < -0.39 is 5.82 Å². The molecule has 1 aliphatic rings. The van der Waals surface area contributed by atoms with Crippen molar-refractivity contribution in [1.82, 2.24) is 10.2 Å². The van der Waals surface area contributed by atoms with Crippen molar-refractivity contribution in [2.24, 2.45) is 0 Å². The standard InChI is InChI=1S/C15H19Cl2FN2.2ClH/c1-2-3-4-13(20-9-7-19-8-10-20)14-11(16)5-6-12(17)15(14)18;;/h2,5-6,13,19H,1,3-4,7-10H2;2*1H/t13-;;/m0../s1. The van der Waals surface area contributed by atoms with Crippen LogP contribution in [0.4, 0.5) is 4.39 Å². The molecular formula is C15H21Cl4FN2. The molecular weight excluding hydrogens is 369 g/mol. The highest BCUT2D eigenvalue weighted by Crippen LogP contribution is 2.36. The van der Waals surface area contributed by atoms with Crippen molar-refractivity contribution in [3.8, 4) is 0 Å². The maximum Gasteiger partial charge on any atom is 0.148 e. The number of nitrogens with zero attached hydrogens (tertiary/aromatic N) is 1. The molecule has 0 unspecified atom stereocenters. The van der Waals surface area contributed by atoms with Gasteiger partial charge in [0.2, 0.25) is 0 Å². The zero-order valence-corrected chi connectivity index (χ0v) is 15.3. The average Bonchev–Trinajstić information content (AvgIpc) is 2.47. The molecule has 126 valence electrons. The van der Waals surface area contributed by atoms with E-state index in [2.05, 4.69) is 16.8 Å². The van der Waals surface area contributed by atoms with Crippen LogP contribution in [0.25, 0.3) is 0 Å². The zero-order chi connectivity index (χ0) is 14.5. The second-order valence-electron chi connectivity index (χ2n) is 4.92. The summed E-state index contributed by atoms with van der Waals surface area (Å²) in [6, 6.07) is 3.12. The summed E-state index contributed by atoms with van der Waals surface area (Å²) in [5, 5.41) is 3.88. The van der Waals surface area contributed by atoms with Crippen LogP contribution in [0.3, 0.4) is 0 Å². The van der Waals surface area contributed by atoms with E-state index in [0.29, 0.717) is 10.6 Å². The van der Waals surface area contributed by atoms with Gasteiger partial charge < -0.3 is 5.32 Å². The van der Waals surface area contributed by atoms with E-state index >= 15 is 0 Å². The van der Waals surface area contributed by atoms with Gasteiger partial charge in [-0.2, -0.15) is 0 Å². The Hall–Kier alpha value is -0.0300. The largest absolute Gasteiger partial charge is 0.314 e. The molecule has 0 aliphatic carbocycles. The highest BCUT2D eigenvalue weighted by molar-refractivity contribution is 6.33. The number of benzene rings is 1. The van der Waals surface area contributed by atoms with Crippen LogP contribution in [-0.4, -0.2) is 31.1 Å². The quantitative estimate of drug-likeness (QED) is 0.569. The molecule has 0 bridgehead atoms. The number of nitrogens with one attached hydrogen (secondary N) is 1. The molecule has 0 aromatic heterocycles. The minimum absolute atomic E-state index is 0. The normalized spacial score (nSPS) is 16.3. The Labute approximate surface area is 153 Å². The lowest BCUT2D eigenvalue weighted by Crippen LogP contribution is -2.45. The van der Waals surface area contributed by atoms with E-state index in [9.17, 15) is 4.39 Å². The second kappa shape index (κ2) is 10.7. The van der Waals surface area contributed by atoms with Crippen molar-refractivity contribution < 1.29 is 4.39 Å². The molecule has 1 heterocycles. The first-order valence-corrected chi connectivity index (χ1v) is 7.59. The van der Waals surface area contributed by atoms with Crippen LogP contribution >= 0.6 is 48.0 Å². The Bertz CT molecular complexity index is 479. The molecule has 1 fully saturated rings. The first-order chi connectivity index (χ1) is 9.65. The van der Waals surface area contributed by atoms with Crippen molar-refractivity contribution in [3.63, 3.8) is 0 Å². The SMILES string of the molecule is C=CCC[C@@H](c1c(Cl)ccc(Cl)c1F)N1CCNCC1.Cl.Cl. The van der Waals surface area contributed by atoms with E-state index in [1.807, 2.05) is 6.08 Å². The summed E-state index contributed by atoms with van der Waals surface area (Å²) < 4.78 is 14.4. The van der Waals surface area contributed by atoms with Gasteiger partial charge in [0.15, 0.2) is 0 Å². The van der Waals surface area contributed by atoms with Crippen molar-refractivity contribution in [1.29, 1.82) is 0 Å². The third-order valence-electron chi connectivity index (χ3n) is 3.65. The highest BCUT2D eigenvalue weighted by atomic mass is 35.5. The van der Waals surface area contributed by atoms with Gasteiger partial charge in [-0.25, -0.2) is 4.39 Å². The fraction of sp³-hybridized carbons (Fsp3) is 0.467. The topological polar surface area (TPSA) is 15.3 Å². The fourth-order valence-electron chi connectivity index (χ4n) is 2.63.